The van der Waals surface area contributed by atoms with Gasteiger partial charge >= 0.3 is 0 Å². The van der Waals surface area contributed by atoms with Gasteiger partial charge in [-0.2, -0.15) is 0 Å². The minimum absolute atomic E-state index is 0.00652. The molecule has 0 bridgehead atoms. The van der Waals surface area contributed by atoms with Gasteiger partial charge in [0.15, 0.2) is 0 Å². The topological polar surface area (TPSA) is 52.6 Å². The summed E-state index contributed by atoms with van der Waals surface area (Å²) in [6.45, 7) is 2.28. The third-order valence-electron chi connectivity index (χ3n) is 2.90. The van der Waals surface area contributed by atoms with Crippen molar-refractivity contribution in [2.45, 2.75) is 25.5 Å². The van der Waals surface area contributed by atoms with Gasteiger partial charge in [0.2, 0.25) is 5.91 Å². The molecule has 0 fully saturated rings. The van der Waals surface area contributed by atoms with Crippen molar-refractivity contribution in [3.63, 3.8) is 0 Å². The van der Waals surface area contributed by atoms with Crippen LogP contribution in [0.2, 0.25) is 5.02 Å². The number of rotatable bonds is 6. The monoisotopic (exact) mass is 284 g/mol. The Bertz CT molecular complexity index is 424. The van der Waals surface area contributed by atoms with E-state index < -0.39 is 6.10 Å². The number of nitrogens with one attached hydrogen (secondary N) is 1. The highest BCUT2D eigenvalue weighted by Gasteiger charge is 2.14. The lowest BCUT2D eigenvalue weighted by atomic mass is 10.1. The van der Waals surface area contributed by atoms with Gasteiger partial charge in [0.05, 0.1) is 6.10 Å². The molecule has 0 aliphatic rings. The summed E-state index contributed by atoms with van der Waals surface area (Å²) in [6.07, 6.45) is -0.270. The molecular weight excluding hydrogens is 264 g/mol. The molecule has 0 saturated carbocycles. The first-order valence-electron chi connectivity index (χ1n) is 6.27. The second-order valence-electron chi connectivity index (χ2n) is 4.84. The maximum absolute atomic E-state index is 11.5. The molecule has 0 aromatic heterocycles. The van der Waals surface area contributed by atoms with Crippen LogP contribution in [0.3, 0.4) is 0 Å². The molecule has 1 rings (SSSR count). The molecule has 2 atom stereocenters. The van der Waals surface area contributed by atoms with Gasteiger partial charge in [-0.25, -0.2) is 0 Å². The predicted octanol–water partition coefficient (Wildman–Crippen LogP) is 1.83. The third-order valence-corrected chi connectivity index (χ3v) is 3.25. The Morgan fingerprint density at radius 3 is 2.63 bits per heavy atom. The number of aliphatic hydroxyl groups is 1. The third kappa shape index (κ3) is 5.19. The van der Waals surface area contributed by atoms with Crippen molar-refractivity contribution < 1.29 is 9.90 Å². The fraction of sp³-hybridized carbons (Fsp3) is 0.500. The molecule has 4 nitrogen and oxygen atoms in total. The summed E-state index contributed by atoms with van der Waals surface area (Å²) in [5.41, 5.74) is 0.697. The van der Waals surface area contributed by atoms with Crippen LogP contribution in [-0.2, 0) is 4.79 Å². The van der Waals surface area contributed by atoms with Gasteiger partial charge in [-0.05, 0) is 13.0 Å². The number of halogens is 1. The number of hydrogen-bond acceptors (Lipinski definition) is 3. The molecular formula is C14H21ClN2O2. The van der Waals surface area contributed by atoms with Gasteiger partial charge in [-0.1, -0.05) is 29.8 Å². The van der Waals surface area contributed by atoms with E-state index in [1.54, 1.807) is 31.1 Å². The van der Waals surface area contributed by atoms with E-state index in [0.717, 1.165) is 0 Å². The van der Waals surface area contributed by atoms with Gasteiger partial charge in [-0.3, -0.25) is 4.79 Å². The quantitative estimate of drug-likeness (QED) is 0.838. The molecule has 2 N–H and O–H groups in total. The Morgan fingerprint density at radius 1 is 1.42 bits per heavy atom. The molecule has 1 amide bonds. The SMILES string of the molecule is CC(CC(=O)N(C)C)NCC(O)c1ccccc1Cl. The first-order chi connectivity index (χ1) is 8.91. The lowest BCUT2D eigenvalue weighted by Gasteiger charge is -2.19. The molecule has 0 radical (unpaired) electrons. The second kappa shape index (κ2) is 7.48. The predicted molar refractivity (Wildman–Crippen MR) is 77.2 cm³/mol. The maximum Gasteiger partial charge on any atom is 0.223 e. The van der Waals surface area contributed by atoms with Crippen LogP contribution in [0, 0.1) is 0 Å². The minimum Gasteiger partial charge on any atom is -0.387 e. The Morgan fingerprint density at radius 2 is 2.05 bits per heavy atom. The standard InChI is InChI=1S/C14H21ClN2O2/c1-10(8-14(19)17(2)3)16-9-13(18)11-6-4-5-7-12(11)15/h4-7,10,13,16,18H,8-9H2,1-3H3. The summed E-state index contributed by atoms with van der Waals surface area (Å²) in [4.78, 5) is 13.1. The number of hydrogen-bond donors (Lipinski definition) is 2. The summed E-state index contributed by atoms with van der Waals surface area (Å²) < 4.78 is 0. The molecule has 106 valence electrons. The zero-order chi connectivity index (χ0) is 14.4. The molecule has 0 aliphatic heterocycles. The number of nitrogens with zero attached hydrogens (tertiary/aromatic N) is 1. The van der Waals surface area contributed by atoms with Gasteiger partial charge < -0.3 is 15.3 Å². The largest absolute Gasteiger partial charge is 0.387 e. The molecule has 0 saturated heterocycles. The summed E-state index contributed by atoms with van der Waals surface area (Å²) >= 11 is 6.01. The lowest BCUT2D eigenvalue weighted by Crippen LogP contribution is -2.35. The minimum atomic E-state index is -0.675. The van der Waals surface area contributed by atoms with Crippen molar-refractivity contribution in [1.82, 2.24) is 10.2 Å². The van der Waals surface area contributed by atoms with Crippen LogP contribution in [0.1, 0.15) is 25.0 Å². The number of benzene rings is 1. The normalized spacial score (nSPS) is 13.9. The van der Waals surface area contributed by atoms with Crippen molar-refractivity contribution in [1.29, 1.82) is 0 Å². The highest BCUT2D eigenvalue weighted by molar-refractivity contribution is 6.31. The van der Waals surface area contributed by atoms with Gasteiger partial charge in [0.1, 0.15) is 0 Å². The van der Waals surface area contributed by atoms with E-state index in [-0.39, 0.29) is 11.9 Å². The van der Waals surface area contributed by atoms with E-state index in [4.69, 9.17) is 11.6 Å². The van der Waals surface area contributed by atoms with E-state index in [0.29, 0.717) is 23.6 Å². The summed E-state index contributed by atoms with van der Waals surface area (Å²) in [5, 5.41) is 13.7. The van der Waals surface area contributed by atoms with Gasteiger partial charge in [0, 0.05) is 43.7 Å². The molecule has 5 heteroatoms. The van der Waals surface area contributed by atoms with E-state index in [1.807, 2.05) is 19.1 Å². The molecule has 1 aromatic carbocycles. The fourth-order valence-electron chi connectivity index (χ4n) is 1.68. The Kier molecular flexibility index (Phi) is 6.28. The number of aliphatic hydroxyl groups excluding tert-OH is 1. The van der Waals surface area contributed by atoms with Crippen LogP contribution in [-0.4, -0.2) is 42.6 Å². The summed E-state index contributed by atoms with van der Waals surface area (Å²) in [5.74, 6) is 0.0623. The van der Waals surface area contributed by atoms with E-state index in [2.05, 4.69) is 5.32 Å². The zero-order valence-electron chi connectivity index (χ0n) is 11.6. The molecule has 2 unspecified atom stereocenters. The first-order valence-corrected chi connectivity index (χ1v) is 6.65. The molecule has 0 spiro atoms. The average molecular weight is 285 g/mol. The molecule has 0 aliphatic carbocycles. The van der Waals surface area contributed by atoms with E-state index in [1.165, 1.54) is 0 Å². The first kappa shape index (κ1) is 16.0. The molecule has 19 heavy (non-hydrogen) atoms. The maximum atomic E-state index is 11.5. The average Bonchev–Trinajstić information content (AvgIpc) is 2.36. The van der Waals surface area contributed by atoms with Crippen LogP contribution >= 0.6 is 11.6 Å². The van der Waals surface area contributed by atoms with Crippen LogP contribution in [0.15, 0.2) is 24.3 Å². The van der Waals surface area contributed by atoms with Crippen LogP contribution in [0.5, 0.6) is 0 Å². The Hall–Kier alpha value is -1.10. The zero-order valence-corrected chi connectivity index (χ0v) is 12.3. The highest BCUT2D eigenvalue weighted by Crippen LogP contribution is 2.21. The van der Waals surface area contributed by atoms with Crippen LogP contribution in [0.25, 0.3) is 0 Å². The summed E-state index contributed by atoms with van der Waals surface area (Å²) in [7, 11) is 3.46. The van der Waals surface area contributed by atoms with Crippen molar-refractivity contribution in [2.24, 2.45) is 0 Å². The van der Waals surface area contributed by atoms with Gasteiger partial charge in [-0.15, -0.1) is 0 Å². The smallest absolute Gasteiger partial charge is 0.223 e. The van der Waals surface area contributed by atoms with Crippen molar-refractivity contribution >= 4 is 17.5 Å². The Labute approximate surface area is 119 Å². The number of amides is 1. The van der Waals surface area contributed by atoms with E-state index >= 15 is 0 Å². The molecule has 1 aromatic rings. The van der Waals surface area contributed by atoms with Crippen molar-refractivity contribution in [3.05, 3.63) is 34.9 Å². The lowest BCUT2D eigenvalue weighted by molar-refractivity contribution is -0.129. The highest BCUT2D eigenvalue weighted by atomic mass is 35.5. The second-order valence-corrected chi connectivity index (χ2v) is 5.25. The van der Waals surface area contributed by atoms with Gasteiger partial charge in [0.25, 0.3) is 0 Å². The van der Waals surface area contributed by atoms with E-state index in [9.17, 15) is 9.90 Å². The number of carbonyl (C=O) groups excluding carboxylic acids is 1. The summed E-state index contributed by atoms with van der Waals surface area (Å²) in [6, 6.07) is 7.21. The van der Waals surface area contributed by atoms with Crippen LogP contribution < -0.4 is 5.32 Å². The fourth-order valence-corrected chi connectivity index (χ4v) is 1.95. The van der Waals surface area contributed by atoms with Crippen molar-refractivity contribution in [3.8, 4) is 0 Å². The van der Waals surface area contributed by atoms with Crippen LogP contribution in [0.4, 0.5) is 0 Å². The Balaban J connectivity index is 2.44. The number of carbonyl (C=O) groups is 1. The molecule has 0 heterocycles. The van der Waals surface area contributed by atoms with Crippen molar-refractivity contribution in [2.75, 3.05) is 20.6 Å².